The van der Waals surface area contributed by atoms with Gasteiger partial charge in [0.05, 0.1) is 11.6 Å². The Morgan fingerprint density at radius 3 is 2.73 bits per heavy atom. The quantitative estimate of drug-likeness (QED) is 0.603. The highest BCUT2D eigenvalue weighted by molar-refractivity contribution is 14.1. The van der Waals surface area contributed by atoms with Gasteiger partial charge < -0.3 is 0 Å². The second kappa shape index (κ2) is 3.76. The van der Waals surface area contributed by atoms with Gasteiger partial charge in [0.2, 0.25) is 0 Å². The number of nitrogens with zero attached hydrogens (tertiary/aromatic N) is 2. The van der Waals surface area contributed by atoms with Crippen LogP contribution in [0.4, 0.5) is 0 Å². The molecule has 0 atom stereocenters. The Morgan fingerprint density at radius 1 is 1.73 bits per heavy atom. The number of aromatic nitrogens is 2. The van der Waals surface area contributed by atoms with Crippen molar-refractivity contribution >= 4 is 34.2 Å². The van der Waals surface area contributed by atoms with Crippen LogP contribution in [0.5, 0.6) is 0 Å². The first kappa shape index (κ1) is 9.32. The highest BCUT2D eigenvalue weighted by Crippen LogP contribution is 2.14. The number of hydrogen-bond acceptors (Lipinski definition) is 1. The van der Waals surface area contributed by atoms with Gasteiger partial charge in [-0.15, -0.1) is 11.6 Å². The maximum atomic E-state index is 5.73. The maximum Gasteiger partial charge on any atom is 0.123 e. The summed E-state index contributed by atoms with van der Waals surface area (Å²) >= 11 is 7.92. The molecular formula is C7H10ClIN2. The Balaban J connectivity index is 3.02. The van der Waals surface area contributed by atoms with E-state index in [-0.39, 0.29) is 0 Å². The zero-order chi connectivity index (χ0) is 8.43. The van der Waals surface area contributed by atoms with Crippen molar-refractivity contribution in [3.05, 3.63) is 15.5 Å². The average Bonchev–Trinajstić information content (AvgIpc) is 2.30. The van der Waals surface area contributed by atoms with Crippen molar-refractivity contribution in [3.8, 4) is 0 Å². The van der Waals surface area contributed by atoms with Gasteiger partial charge in [-0.1, -0.05) is 0 Å². The van der Waals surface area contributed by atoms with Crippen molar-refractivity contribution in [1.29, 1.82) is 0 Å². The summed E-state index contributed by atoms with van der Waals surface area (Å²) in [7, 11) is 0. The monoisotopic (exact) mass is 284 g/mol. The summed E-state index contributed by atoms with van der Waals surface area (Å²) in [5, 5.41) is 4.30. The predicted molar refractivity (Wildman–Crippen MR) is 54.9 cm³/mol. The lowest BCUT2D eigenvalue weighted by Gasteiger charge is -2.07. The Labute approximate surface area is 85.1 Å². The normalized spacial score (nSPS) is 11.0. The average molecular weight is 285 g/mol. The van der Waals surface area contributed by atoms with Crippen molar-refractivity contribution in [3.63, 3.8) is 0 Å². The third-order valence-corrected chi connectivity index (χ3v) is 2.21. The standard InChI is InChI=1S/C7H10ClIN2/c1-5(2)11-6(4-8)3-7(9)10-11/h3,5H,4H2,1-2H3. The maximum absolute atomic E-state index is 5.73. The Bertz CT molecular complexity index is 245. The first-order valence-corrected chi connectivity index (χ1v) is 5.06. The third kappa shape index (κ3) is 2.08. The molecule has 62 valence electrons. The molecule has 0 spiro atoms. The molecule has 11 heavy (non-hydrogen) atoms. The minimum absolute atomic E-state index is 0.396. The van der Waals surface area contributed by atoms with Crippen LogP contribution in [0, 0.1) is 3.70 Å². The highest BCUT2D eigenvalue weighted by Gasteiger charge is 2.06. The molecule has 0 fully saturated rings. The zero-order valence-corrected chi connectivity index (χ0v) is 9.43. The number of rotatable bonds is 2. The van der Waals surface area contributed by atoms with E-state index < -0.39 is 0 Å². The van der Waals surface area contributed by atoms with E-state index in [2.05, 4.69) is 41.5 Å². The molecule has 0 saturated heterocycles. The van der Waals surface area contributed by atoms with E-state index in [1.165, 1.54) is 0 Å². The zero-order valence-electron chi connectivity index (χ0n) is 6.51. The molecule has 0 aromatic carbocycles. The first-order valence-electron chi connectivity index (χ1n) is 3.45. The molecule has 1 aromatic rings. The van der Waals surface area contributed by atoms with E-state index in [9.17, 15) is 0 Å². The topological polar surface area (TPSA) is 17.8 Å². The first-order chi connectivity index (χ1) is 5.15. The molecule has 0 aliphatic heterocycles. The molecule has 0 N–H and O–H groups in total. The summed E-state index contributed by atoms with van der Waals surface area (Å²) < 4.78 is 2.96. The molecular weight excluding hydrogens is 274 g/mol. The van der Waals surface area contributed by atoms with Crippen LogP contribution in [0.2, 0.25) is 0 Å². The van der Waals surface area contributed by atoms with Gasteiger partial charge >= 0.3 is 0 Å². The minimum Gasteiger partial charge on any atom is -0.265 e. The van der Waals surface area contributed by atoms with E-state index in [1.807, 2.05) is 10.7 Å². The van der Waals surface area contributed by atoms with Crippen LogP contribution in [-0.4, -0.2) is 9.78 Å². The fourth-order valence-corrected chi connectivity index (χ4v) is 1.74. The van der Waals surface area contributed by atoms with Gasteiger partial charge in [-0.05, 0) is 42.5 Å². The largest absolute Gasteiger partial charge is 0.265 e. The summed E-state index contributed by atoms with van der Waals surface area (Å²) in [5.74, 6) is 0.536. The van der Waals surface area contributed by atoms with Gasteiger partial charge in [0.15, 0.2) is 0 Å². The van der Waals surface area contributed by atoms with Gasteiger partial charge in [-0.2, -0.15) is 5.10 Å². The van der Waals surface area contributed by atoms with E-state index in [0.29, 0.717) is 11.9 Å². The van der Waals surface area contributed by atoms with Gasteiger partial charge in [-0.3, -0.25) is 4.68 Å². The lowest BCUT2D eigenvalue weighted by molar-refractivity contribution is 0.514. The van der Waals surface area contributed by atoms with E-state index in [1.54, 1.807) is 0 Å². The molecule has 0 bridgehead atoms. The summed E-state index contributed by atoms with van der Waals surface area (Å²) in [5.41, 5.74) is 1.09. The number of halogens is 2. The molecule has 1 rings (SSSR count). The molecule has 0 radical (unpaired) electrons. The Morgan fingerprint density at radius 2 is 2.36 bits per heavy atom. The fourth-order valence-electron chi connectivity index (χ4n) is 0.947. The summed E-state index contributed by atoms with van der Waals surface area (Å²) in [4.78, 5) is 0. The van der Waals surface area contributed by atoms with Crippen LogP contribution in [0.25, 0.3) is 0 Å². The molecule has 0 amide bonds. The Kier molecular flexibility index (Phi) is 3.18. The van der Waals surface area contributed by atoms with E-state index >= 15 is 0 Å². The highest BCUT2D eigenvalue weighted by atomic mass is 127. The smallest absolute Gasteiger partial charge is 0.123 e. The van der Waals surface area contributed by atoms with Crippen LogP contribution >= 0.6 is 34.2 Å². The van der Waals surface area contributed by atoms with Crippen LogP contribution in [-0.2, 0) is 5.88 Å². The fraction of sp³-hybridized carbons (Fsp3) is 0.571. The molecule has 2 nitrogen and oxygen atoms in total. The second-order valence-corrected chi connectivity index (χ2v) is 4.00. The van der Waals surface area contributed by atoms with E-state index in [4.69, 9.17) is 11.6 Å². The molecule has 0 saturated carbocycles. The van der Waals surface area contributed by atoms with Crippen molar-refractivity contribution in [2.45, 2.75) is 25.8 Å². The predicted octanol–water partition coefficient (Wildman–Crippen LogP) is 2.81. The van der Waals surface area contributed by atoms with Crippen LogP contribution in [0.3, 0.4) is 0 Å². The van der Waals surface area contributed by atoms with Crippen molar-refractivity contribution < 1.29 is 0 Å². The summed E-state index contributed by atoms with van der Waals surface area (Å²) in [6, 6.07) is 2.40. The van der Waals surface area contributed by atoms with Crippen LogP contribution < -0.4 is 0 Å². The molecule has 1 heterocycles. The van der Waals surface area contributed by atoms with Crippen molar-refractivity contribution in [2.24, 2.45) is 0 Å². The number of alkyl halides is 1. The molecule has 0 aliphatic carbocycles. The van der Waals surface area contributed by atoms with Gasteiger partial charge in [-0.25, -0.2) is 0 Å². The Hall–Kier alpha value is 0.230. The van der Waals surface area contributed by atoms with Gasteiger partial charge in [0.25, 0.3) is 0 Å². The lowest BCUT2D eigenvalue weighted by Crippen LogP contribution is -2.06. The van der Waals surface area contributed by atoms with Crippen molar-refractivity contribution in [2.75, 3.05) is 0 Å². The van der Waals surface area contributed by atoms with Crippen LogP contribution in [0.15, 0.2) is 6.07 Å². The van der Waals surface area contributed by atoms with Crippen LogP contribution in [0.1, 0.15) is 25.6 Å². The summed E-state index contributed by atoms with van der Waals surface area (Å²) in [6.07, 6.45) is 0. The lowest BCUT2D eigenvalue weighted by atomic mass is 10.4. The molecule has 1 aromatic heterocycles. The van der Waals surface area contributed by atoms with E-state index in [0.717, 1.165) is 9.39 Å². The third-order valence-electron chi connectivity index (χ3n) is 1.41. The molecule has 4 heteroatoms. The molecule has 0 aliphatic rings. The van der Waals surface area contributed by atoms with Gasteiger partial charge in [0, 0.05) is 6.04 Å². The van der Waals surface area contributed by atoms with Crippen molar-refractivity contribution in [1.82, 2.24) is 9.78 Å². The summed E-state index contributed by atoms with van der Waals surface area (Å²) in [6.45, 7) is 4.19. The minimum atomic E-state index is 0.396. The van der Waals surface area contributed by atoms with Gasteiger partial charge in [0.1, 0.15) is 3.70 Å². The SMILES string of the molecule is CC(C)n1nc(I)cc1CCl. The molecule has 0 unspecified atom stereocenters. The number of hydrogen-bond donors (Lipinski definition) is 0. The second-order valence-electron chi connectivity index (χ2n) is 2.63.